The Bertz CT molecular complexity index is 1110. The number of benzene rings is 2. The number of ether oxygens (including phenoxy) is 1. The van der Waals surface area contributed by atoms with E-state index in [4.69, 9.17) is 4.74 Å². The number of aromatic nitrogens is 4. The van der Waals surface area contributed by atoms with E-state index >= 15 is 0 Å². The number of para-hydroxylation sites is 1. The number of amides is 1. The molecule has 4 aromatic rings. The fourth-order valence-corrected chi connectivity index (χ4v) is 3.43. The molecule has 0 fully saturated rings. The molecule has 29 heavy (non-hydrogen) atoms. The van der Waals surface area contributed by atoms with Gasteiger partial charge < -0.3 is 14.6 Å². The van der Waals surface area contributed by atoms with E-state index in [9.17, 15) is 4.79 Å². The van der Waals surface area contributed by atoms with E-state index in [0.717, 1.165) is 23.6 Å². The number of carbonyl (C=O) groups excluding carboxylic acids is 1. The monoisotopic (exact) mass is 405 g/mol. The van der Waals surface area contributed by atoms with Gasteiger partial charge in [-0.15, -0.1) is 21.5 Å². The number of hydrogen-bond acceptors (Lipinski definition) is 6. The van der Waals surface area contributed by atoms with Gasteiger partial charge in [-0.1, -0.05) is 24.3 Å². The van der Waals surface area contributed by atoms with Crippen molar-refractivity contribution in [1.29, 1.82) is 0 Å². The molecule has 0 unspecified atom stereocenters. The maximum absolute atomic E-state index is 12.9. The van der Waals surface area contributed by atoms with Crippen molar-refractivity contribution in [3.8, 4) is 17.1 Å². The first-order chi connectivity index (χ1) is 14.2. The Morgan fingerprint density at radius 1 is 1.21 bits per heavy atom. The summed E-state index contributed by atoms with van der Waals surface area (Å²) in [6.07, 6.45) is 1.69. The molecule has 2 heterocycles. The van der Waals surface area contributed by atoms with Crippen molar-refractivity contribution < 1.29 is 9.53 Å². The largest absolute Gasteiger partial charge is 0.486 e. The van der Waals surface area contributed by atoms with Crippen LogP contribution in [0.4, 0.5) is 5.69 Å². The lowest BCUT2D eigenvalue weighted by molar-refractivity contribution is 0.102. The number of anilines is 1. The van der Waals surface area contributed by atoms with Gasteiger partial charge in [-0.3, -0.25) is 4.79 Å². The zero-order valence-corrected chi connectivity index (χ0v) is 16.6. The molecule has 0 saturated carbocycles. The summed E-state index contributed by atoms with van der Waals surface area (Å²) in [4.78, 5) is 17.1. The molecule has 0 aliphatic heterocycles. The van der Waals surface area contributed by atoms with Crippen LogP contribution in [-0.2, 0) is 13.2 Å². The predicted octanol–water partition coefficient (Wildman–Crippen LogP) is 4.25. The highest BCUT2D eigenvalue weighted by Crippen LogP contribution is 2.24. The highest BCUT2D eigenvalue weighted by atomic mass is 32.1. The van der Waals surface area contributed by atoms with Crippen molar-refractivity contribution in [1.82, 2.24) is 19.7 Å². The Morgan fingerprint density at radius 2 is 2.10 bits per heavy atom. The Labute approximate surface area is 172 Å². The molecule has 0 atom stereocenters. The molecule has 0 radical (unpaired) electrons. The molecule has 1 N–H and O–H groups in total. The summed E-state index contributed by atoms with van der Waals surface area (Å²) in [6, 6.07) is 14.7. The van der Waals surface area contributed by atoms with Crippen molar-refractivity contribution in [2.24, 2.45) is 0 Å². The van der Waals surface area contributed by atoms with Crippen LogP contribution in [0, 0.1) is 0 Å². The fraction of sp³-hybridized carbons (Fsp3) is 0.143. The van der Waals surface area contributed by atoms with E-state index in [1.54, 1.807) is 24.0 Å². The number of carbonyl (C=O) groups is 1. The minimum atomic E-state index is -0.243. The predicted molar refractivity (Wildman–Crippen MR) is 112 cm³/mol. The molecule has 0 aliphatic carbocycles. The Kier molecular flexibility index (Phi) is 5.62. The fourth-order valence-electron chi connectivity index (χ4n) is 2.89. The van der Waals surface area contributed by atoms with E-state index in [1.807, 2.05) is 53.3 Å². The Balaban J connectivity index is 1.52. The topological polar surface area (TPSA) is 81.9 Å². The standard InChI is InChI=1S/C21H19N5O2S/c1-2-26-13-23-25-20(26)15-6-5-7-16(10-15)24-21(27)18-8-3-4-9-19(18)28-11-17-12-29-14-22-17/h3-10,12-14H,2,11H2,1H3,(H,24,27). The van der Waals surface area contributed by atoms with Gasteiger partial charge in [0.25, 0.3) is 5.91 Å². The van der Waals surface area contributed by atoms with Crippen LogP contribution in [0.15, 0.2) is 65.7 Å². The molecule has 8 heteroatoms. The quantitative estimate of drug-likeness (QED) is 0.497. The smallest absolute Gasteiger partial charge is 0.259 e. The van der Waals surface area contributed by atoms with Gasteiger partial charge in [0.05, 0.1) is 16.8 Å². The van der Waals surface area contributed by atoms with Crippen LogP contribution in [0.25, 0.3) is 11.4 Å². The van der Waals surface area contributed by atoms with Gasteiger partial charge in [0.1, 0.15) is 18.7 Å². The second kappa shape index (κ2) is 8.66. The summed E-state index contributed by atoms with van der Waals surface area (Å²) >= 11 is 1.51. The lowest BCUT2D eigenvalue weighted by Crippen LogP contribution is -2.13. The van der Waals surface area contributed by atoms with Crippen LogP contribution >= 0.6 is 11.3 Å². The highest BCUT2D eigenvalue weighted by Gasteiger charge is 2.14. The van der Waals surface area contributed by atoms with Crippen LogP contribution in [0.3, 0.4) is 0 Å². The van der Waals surface area contributed by atoms with Crippen LogP contribution in [0.2, 0.25) is 0 Å². The van der Waals surface area contributed by atoms with Crippen LogP contribution in [0.1, 0.15) is 23.0 Å². The van der Waals surface area contributed by atoms with Gasteiger partial charge in [0, 0.05) is 23.2 Å². The number of nitrogens with zero attached hydrogens (tertiary/aromatic N) is 4. The normalized spacial score (nSPS) is 10.7. The van der Waals surface area contributed by atoms with E-state index in [1.165, 1.54) is 11.3 Å². The van der Waals surface area contributed by atoms with Crippen LogP contribution in [0.5, 0.6) is 5.75 Å². The Morgan fingerprint density at radius 3 is 2.93 bits per heavy atom. The van der Waals surface area contributed by atoms with Crippen molar-refractivity contribution in [2.45, 2.75) is 20.1 Å². The maximum Gasteiger partial charge on any atom is 0.259 e. The molecular formula is C21H19N5O2S. The number of aryl methyl sites for hydroxylation is 1. The van der Waals surface area contributed by atoms with Gasteiger partial charge in [-0.05, 0) is 31.2 Å². The third-order valence-corrected chi connectivity index (χ3v) is 4.96. The van der Waals surface area contributed by atoms with E-state index in [0.29, 0.717) is 23.6 Å². The zero-order chi connectivity index (χ0) is 20.1. The maximum atomic E-state index is 12.9. The zero-order valence-electron chi connectivity index (χ0n) is 15.8. The molecule has 2 aromatic heterocycles. The summed E-state index contributed by atoms with van der Waals surface area (Å²) in [5.41, 5.74) is 4.61. The summed E-state index contributed by atoms with van der Waals surface area (Å²) in [5.74, 6) is 1.03. The van der Waals surface area contributed by atoms with Gasteiger partial charge in [-0.25, -0.2) is 4.98 Å². The SMILES string of the molecule is CCn1cnnc1-c1cccc(NC(=O)c2ccccc2OCc2cscn2)c1. The second-order valence-electron chi connectivity index (χ2n) is 6.24. The summed E-state index contributed by atoms with van der Waals surface area (Å²) in [7, 11) is 0. The van der Waals surface area contributed by atoms with E-state index in [2.05, 4.69) is 20.5 Å². The third kappa shape index (κ3) is 4.33. The molecule has 4 rings (SSSR count). The number of nitrogens with one attached hydrogen (secondary N) is 1. The number of rotatable bonds is 7. The summed E-state index contributed by atoms with van der Waals surface area (Å²) in [6.45, 7) is 3.11. The van der Waals surface area contributed by atoms with Crippen molar-refractivity contribution in [2.75, 3.05) is 5.32 Å². The van der Waals surface area contributed by atoms with Gasteiger partial charge in [0.2, 0.25) is 0 Å². The van der Waals surface area contributed by atoms with Crippen LogP contribution < -0.4 is 10.1 Å². The molecule has 0 spiro atoms. The average molecular weight is 405 g/mol. The molecule has 146 valence electrons. The molecule has 0 saturated heterocycles. The minimum Gasteiger partial charge on any atom is -0.486 e. The van der Waals surface area contributed by atoms with E-state index in [-0.39, 0.29) is 5.91 Å². The van der Waals surface area contributed by atoms with Gasteiger partial charge >= 0.3 is 0 Å². The first-order valence-electron chi connectivity index (χ1n) is 9.13. The van der Waals surface area contributed by atoms with Crippen molar-refractivity contribution in [3.05, 3.63) is 77.0 Å². The molecule has 7 nitrogen and oxygen atoms in total. The lowest BCUT2D eigenvalue weighted by atomic mass is 10.1. The summed E-state index contributed by atoms with van der Waals surface area (Å²) < 4.78 is 7.76. The molecule has 0 aliphatic rings. The first-order valence-corrected chi connectivity index (χ1v) is 10.1. The summed E-state index contributed by atoms with van der Waals surface area (Å²) in [5, 5.41) is 13.0. The minimum absolute atomic E-state index is 0.243. The molecule has 2 aromatic carbocycles. The van der Waals surface area contributed by atoms with E-state index < -0.39 is 0 Å². The van der Waals surface area contributed by atoms with Gasteiger partial charge in [-0.2, -0.15) is 0 Å². The first kappa shape index (κ1) is 18.8. The van der Waals surface area contributed by atoms with Crippen molar-refractivity contribution in [3.63, 3.8) is 0 Å². The third-order valence-electron chi connectivity index (χ3n) is 4.33. The second-order valence-corrected chi connectivity index (χ2v) is 6.96. The average Bonchev–Trinajstić information content (AvgIpc) is 3.44. The lowest BCUT2D eigenvalue weighted by Gasteiger charge is -2.12. The number of hydrogen-bond donors (Lipinski definition) is 1. The molecule has 0 bridgehead atoms. The number of thiazole rings is 1. The highest BCUT2D eigenvalue weighted by molar-refractivity contribution is 7.07. The molecular weight excluding hydrogens is 386 g/mol. The Hall–Kier alpha value is -3.52. The molecule has 1 amide bonds. The van der Waals surface area contributed by atoms with Gasteiger partial charge in [0.15, 0.2) is 5.82 Å². The van der Waals surface area contributed by atoms with Crippen molar-refractivity contribution >= 4 is 22.9 Å². The van der Waals surface area contributed by atoms with Crippen LogP contribution in [-0.4, -0.2) is 25.7 Å².